The molecule has 0 spiro atoms. The van der Waals surface area contributed by atoms with Crippen molar-refractivity contribution in [3.8, 4) is 0 Å². The van der Waals surface area contributed by atoms with Crippen molar-refractivity contribution in [3.63, 3.8) is 0 Å². The Hall–Kier alpha value is -1.20. The first-order valence-electron chi connectivity index (χ1n) is 8.33. The zero-order chi connectivity index (χ0) is 15.3. The minimum atomic E-state index is -0.228. The summed E-state index contributed by atoms with van der Waals surface area (Å²) in [5.41, 5.74) is 1.48. The number of rotatable bonds is 1. The molecule has 0 unspecified atom stereocenters. The molecule has 0 bridgehead atoms. The van der Waals surface area contributed by atoms with E-state index in [2.05, 4.69) is 11.8 Å². The molecule has 1 aliphatic carbocycles. The molecule has 1 saturated heterocycles. The first-order chi connectivity index (χ1) is 10.6. The monoisotopic (exact) mass is 317 g/mol. The molecule has 1 fully saturated rings. The lowest BCUT2D eigenvalue weighted by Gasteiger charge is -2.32. The molecule has 0 aromatic carbocycles. The van der Waals surface area contributed by atoms with E-state index >= 15 is 0 Å². The minimum absolute atomic E-state index is 0.228. The summed E-state index contributed by atoms with van der Waals surface area (Å²) < 4.78 is 0. The third-order valence-corrected chi connectivity index (χ3v) is 6.09. The number of aliphatic hydroxyl groups excluding tert-OH is 1. The van der Waals surface area contributed by atoms with Crippen molar-refractivity contribution in [1.82, 2.24) is 9.97 Å². The second kappa shape index (κ2) is 5.46. The van der Waals surface area contributed by atoms with Crippen LogP contribution in [0.5, 0.6) is 0 Å². The Morgan fingerprint density at radius 1 is 1.27 bits per heavy atom. The molecule has 4 rings (SSSR count). The second-order valence-corrected chi connectivity index (χ2v) is 7.95. The van der Waals surface area contributed by atoms with E-state index in [4.69, 9.17) is 9.97 Å². The van der Waals surface area contributed by atoms with Gasteiger partial charge in [-0.1, -0.05) is 6.92 Å². The van der Waals surface area contributed by atoms with E-state index in [9.17, 15) is 5.11 Å². The van der Waals surface area contributed by atoms with Crippen molar-refractivity contribution in [2.75, 3.05) is 18.0 Å². The Balaban J connectivity index is 1.86. The highest BCUT2D eigenvalue weighted by Crippen LogP contribution is 2.41. The first-order valence-corrected chi connectivity index (χ1v) is 9.15. The van der Waals surface area contributed by atoms with Gasteiger partial charge in [0.15, 0.2) is 0 Å². The van der Waals surface area contributed by atoms with E-state index in [1.807, 2.05) is 18.3 Å². The average molecular weight is 317 g/mol. The zero-order valence-electron chi connectivity index (χ0n) is 13.3. The number of hydrogen-bond donors (Lipinski definition) is 1. The molecule has 3 heterocycles. The summed E-state index contributed by atoms with van der Waals surface area (Å²) in [4.78, 5) is 14.4. The van der Waals surface area contributed by atoms with Crippen LogP contribution in [0, 0.1) is 12.8 Å². The van der Waals surface area contributed by atoms with Gasteiger partial charge in [0.05, 0.1) is 11.5 Å². The Labute approximate surface area is 135 Å². The van der Waals surface area contributed by atoms with Crippen LogP contribution in [0.1, 0.15) is 42.5 Å². The van der Waals surface area contributed by atoms with Gasteiger partial charge in [0.25, 0.3) is 0 Å². The van der Waals surface area contributed by atoms with E-state index in [1.54, 1.807) is 0 Å². The van der Waals surface area contributed by atoms with E-state index in [-0.39, 0.29) is 6.10 Å². The van der Waals surface area contributed by atoms with Crippen LogP contribution in [-0.4, -0.2) is 34.3 Å². The highest BCUT2D eigenvalue weighted by molar-refractivity contribution is 7.19. The number of nitrogens with zero attached hydrogens (tertiary/aromatic N) is 3. The molecule has 2 aromatic heterocycles. The number of thiophene rings is 1. The SMILES string of the molecule is Cc1nc(N2CCC[C@@H](O)C2)c2c3c(sc2n1)C[C@H](C)CC3. The molecule has 0 saturated carbocycles. The summed E-state index contributed by atoms with van der Waals surface area (Å²) in [5.74, 6) is 2.68. The van der Waals surface area contributed by atoms with Crippen LogP contribution >= 0.6 is 11.3 Å². The number of aromatic nitrogens is 2. The molecule has 1 N–H and O–H groups in total. The van der Waals surface area contributed by atoms with E-state index in [1.165, 1.54) is 28.7 Å². The minimum Gasteiger partial charge on any atom is -0.391 e. The smallest absolute Gasteiger partial charge is 0.141 e. The Morgan fingerprint density at radius 3 is 2.95 bits per heavy atom. The zero-order valence-corrected chi connectivity index (χ0v) is 14.1. The van der Waals surface area contributed by atoms with E-state index in [0.717, 1.165) is 48.2 Å². The fraction of sp³-hybridized carbons (Fsp3) is 0.647. The first kappa shape index (κ1) is 14.4. The number of piperidine rings is 1. The molecule has 118 valence electrons. The van der Waals surface area contributed by atoms with Crippen LogP contribution in [0.25, 0.3) is 10.2 Å². The maximum Gasteiger partial charge on any atom is 0.141 e. The van der Waals surface area contributed by atoms with Crippen molar-refractivity contribution in [3.05, 3.63) is 16.3 Å². The third-order valence-electron chi connectivity index (χ3n) is 4.94. The van der Waals surface area contributed by atoms with Crippen molar-refractivity contribution in [1.29, 1.82) is 0 Å². The number of β-amino-alcohol motifs (C(OH)–C–C–N with tert-alkyl or cyclic N) is 1. The molecule has 0 radical (unpaired) electrons. The second-order valence-electron chi connectivity index (χ2n) is 6.87. The van der Waals surface area contributed by atoms with Gasteiger partial charge in [-0.05, 0) is 50.5 Å². The number of anilines is 1. The highest BCUT2D eigenvalue weighted by atomic mass is 32.1. The highest BCUT2D eigenvalue weighted by Gasteiger charge is 2.27. The van der Waals surface area contributed by atoms with E-state index < -0.39 is 0 Å². The Morgan fingerprint density at radius 2 is 2.14 bits per heavy atom. The fourth-order valence-electron chi connectivity index (χ4n) is 3.80. The van der Waals surface area contributed by atoms with Gasteiger partial charge in [-0.25, -0.2) is 9.97 Å². The summed E-state index contributed by atoms with van der Waals surface area (Å²) in [6, 6.07) is 0. The van der Waals surface area contributed by atoms with Crippen LogP contribution in [-0.2, 0) is 12.8 Å². The molecule has 2 aromatic rings. The largest absolute Gasteiger partial charge is 0.391 e. The van der Waals surface area contributed by atoms with Crippen LogP contribution in [0.3, 0.4) is 0 Å². The molecule has 2 atom stereocenters. The number of hydrogen-bond acceptors (Lipinski definition) is 5. The molecular weight excluding hydrogens is 294 g/mol. The van der Waals surface area contributed by atoms with Gasteiger partial charge < -0.3 is 10.0 Å². The van der Waals surface area contributed by atoms with Crippen molar-refractivity contribution >= 4 is 27.4 Å². The molecular formula is C17H23N3OS. The summed E-state index contributed by atoms with van der Waals surface area (Å²) in [6.07, 6.45) is 5.30. The number of aryl methyl sites for hydroxylation is 2. The van der Waals surface area contributed by atoms with Crippen molar-refractivity contribution < 1.29 is 5.11 Å². The molecule has 22 heavy (non-hydrogen) atoms. The maximum atomic E-state index is 10.0. The van der Waals surface area contributed by atoms with Crippen LogP contribution < -0.4 is 4.90 Å². The number of aliphatic hydroxyl groups is 1. The van der Waals surface area contributed by atoms with Gasteiger partial charge in [0.1, 0.15) is 16.5 Å². The molecule has 1 aliphatic heterocycles. The van der Waals surface area contributed by atoms with Crippen LogP contribution in [0.15, 0.2) is 0 Å². The van der Waals surface area contributed by atoms with Crippen molar-refractivity contribution in [2.45, 2.75) is 52.1 Å². The average Bonchev–Trinajstić information content (AvgIpc) is 2.83. The lowest BCUT2D eigenvalue weighted by Crippen LogP contribution is -2.39. The van der Waals surface area contributed by atoms with Gasteiger partial charge >= 0.3 is 0 Å². The van der Waals surface area contributed by atoms with Crippen LogP contribution in [0.2, 0.25) is 0 Å². The maximum absolute atomic E-state index is 10.0. The van der Waals surface area contributed by atoms with Crippen molar-refractivity contribution in [2.24, 2.45) is 5.92 Å². The van der Waals surface area contributed by atoms with Gasteiger partial charge in [0.2, 0.25) is 0 Å². The summed E-state index contributed by atoms with van der Waals surface area (Å²) in [6.45, 7) is 6.01. The van der Waals surface area contributed by atoms with Gasteiger partial charge in [-0.2, -0.15) is 0 Å². The lowest BCUT2D eigenvalue weighted by atomic mass is 9.89. The lowest BCUT2D eigenvalue weighted by molar-refractivity contribution is 0.154. The van der Waals surface area contributed by atoms with Gasteiger partial charge in [-0.3, -0.25) is 0 Å². The van der Waals surface area contributed by atoms with E-state index in [0.29, 0.717) is 6.54 Å². The molecule has 5 heteroatoms. The van der Waals surface area contributed by atoms with Crippen LogP contribution in [0.4, 0.5) is 5.82 Å². The molecule has 0 amide bonds. The Bertz CT molecular complexity index is 711. The van der Waals surface area contributed by atoms with Gasteiger partial charge in [-0.15, -0.1) is 11.3 Å². The molecule has 4 nitrogen and oxygen atoms in total. The topological polar surface area (TPSA) is 49.2 Å². The number of fused-ring (bicyclic) bond motifs is 3. The summed E-state index contributed by atoms with van der Waals surface area (Å²) in [7, 11) is 0. The Kier molecular flexibility index (Phi) is 3.57. The quantitative estimate of drug-likeness (QED) is 0.878. The molecule has 2 aliphatic rings. The fourth-order valence-corrected chi connectivity index (χ4v) is 5.23. The summed E-state index contributed by atoms with van der Waals surface area (Å²) >= 11 is 1.86. The third kappa shape index (κ3) is 2.40. The summed E-state index contributed by atoms with van der Waals surface area (Å²) in [5, 5.41) is 11.3. The predicted octanol–water partition coefficient (Wildman–Crippen LogP) is 3.09. The predicted molar refractivity (Wildman–Crippen MR) is 90.8 cm³/mol. The van der Waals surface area contributed by atoms with Gasteiger partial charge in [0, 0.05) is 18.0 Å². The normalized spacial score (nSPS) is 25.5. The standard InChI is InChI=1S/C17H23N3OS/c1-10-5-6-13-14(8-10)22-17-15(13)16(18-11(2)19-17)20-7-3-4-12(21)9-20/h10,12,21H,3-9H2,1-2H3/t10-,12-/m1/s1.